The third kappa shape index (κ3) is 4.62. The van der Waals surface area contributed by atoms with Crippen LogP contribution in [-0.2, 0) is 15.2 Å². The largest absolute Gasteiger partial charge is 0.522 e. The molecule has 0 saturated carbocycles. The maximum absolute atomic E-state index is 14.7. The Morgan fingerprint density at radius 2 is 2.03 bits per heavy atom. The topological polar surface area (TPSA) is 98.1 Å². The molecule has 0 aromatic carbocycles. The Balaban J connectivity index is 1.77. The van der Waals surface area contributed by atoms with Crippen molar-refractivity contribution in [2.24, 2.45) is 0 Å². The van der Waals surface area contributed by atoms with Crippen molar-refractivity contribution in [2.45, 2.75) is 32.0 Å². The normalized spacial score (nSPS) is 16.4. The molecule has 4 rings (SSSR count). The van der Waals surface area contributed by atoms with Crippen LogP contribution in [0.3, 0.4) is 0 Å². The Morgan fingerprint density at radius 1 is 1.30 bits per heavy atom. The lowest BCUT2D eigenvalue weighted by Gasteiger charge is -2.39. The first-order valence-electron chi connectivity index (χ1n) is 9.79. The molecule has 1 amide bonds. The van der Waals surface area contributed by atoms with Crippen molar-refractivity contribution in [3.63, 3.8) is 0 Å². The third-order valence-electron chi connectivity index (χ3n) is 5.01. The van der Waals surface area contributed by atoms with Crippen LogP contribution in [0.25, 0.3) is 16.9 Å². The monoisotopic (exact) mass is 465 g/mol. The van der Waals surface area contributed by atoms with Crippen LogP contribution in [0, 0.1) is 0 Å². The van der Waals surface area contributed by atoms with Gasteiger partial charge < -0.3 is 10.2 Å². The number of pyridine rings is 1. The van der Waals surface area contributed by atoms with Crippen LogP contribution in [0.15, 0.2) is 37.2 Å². The number of alkyl halides is 4. The third-order valence-corrected chi connectivity index (χ3v) is 5.01. The Labute approximate surface area is 185 Å². The highest BCUT2D eigenvalue weighted by atomic mass is 19.4. The number of nitrogens with zero attached hydrogens (tertiary/aromatic N) is 6. The second-order valence-corrected chi connectivity index (χ2v) is 7.62. The van der Waals surface area contributed by atoms with Crippen LogP contribution in [0.4, 0.5) is 29.2 Å². The number of anilines is 2. The molecule has 1 N–H and O–H groups in total. The summed E-state index contributed by atoms with van der Waals surface area (Å²) in [6.45, 7) is 6.00. The lowest BCUT2D eigenvalue weighted by Crippen LogP contribution is -2.54. The number of hydrogen-bond donors (Lipinski definition) is 1. The van der Waals surface area contributed by atoms with Gasteiger partial charge in [0.15, 0.2) is 11.5 Å². The summed E-state index contributed by atoms with van der Waals surface area (Å²) in [7, 11) is 0. The van der Waals surface area contributed by atoms with Crippen molar-refractivity contribution in [1.29, 1.82) is 0 Å². The van der Waals surface area contributed by atoms with Crippen molar-refractivity contribution in [1.82, 2.24) is 24.7 Å². The molecule has 13 heteroatoms. The van der Waals surface area contributed by atoms with Crippen LogP contribution in [0.2, 0.25) is 0 Å². The Kier molecular flexibility index (Phi) is 5.52. The predicted molar refractivity (Wildman–Crippen MR) is 111 cm³/mol. The highest BCUT2D eigenvalue weighted by Crippen LogP contribution is 2.34. The minimum Gasteiger partial charge on any atom is -0.349 e. The summed E-state index contributed by atoms with van der Waals surface area (Å²) in [5.41, 5.74) is -1.46. The van der Waals surface area contributed by atoms with E-state index in [1.807, 2.05) is 0 Å². The summed E-state index contributed by atoms with van der Waals surface area (Å²) in [6.07, 6.45) is -1.86. The highest BCUT2D eigenvalue weighted by Gasteiger charge is 2.40. The molecule has 3 aromatic heterocycles. The summed E-state index contributed by atoms with van der Waals surface area (Å²) in [5, 5.41) is 7.50. The number of rotatable bonds is 6. The molecule has 1 aliphatic heterocycles. The Hall–Kier alpha value is -3.61. The molecule has 1 fully saturated rings. The highest BCUT2D eigenvalue weighted by molar-refractivity contribution is 5.95. The number of fused-ring (bicyclic) bond motifs is 1. The molecule has 1 unspecified atom stereocenters. The zero-order chi connectivity index (χ0) is 24.0. The lowest BCUT2D eigenvalue weighted by molar-refractivity contribution is -0.344. The van der Waals surface area contributed by atoms with Crippen LogP contribution in [0.1, 0.15) is 19.5 Å². The van der Waals surface area contributed by atoms with Crippen molar-refractivity contribution in [3.8, 4) is 5.95 Å². The van der Waals surface area contributed by atoms with Crippen LogP contribution in [0.5, 0.6) is 0 Å². The molecule has 33 heavy (non-hydrogen) atoms. The van der Waals surface area contributed by atoms with E-state index in [4.69, 9.17) is 0 Å². The summed E-state index contributed by atoms with van der Waals surface area (Å²) in [6, 6.07) is 2.92. The van der Waals surface area contributed by atoms with Crippen LogP contribution < -0.4 is 10.2 Å². The van der Waals surface area contributed by atoms with Crippen molar-refractivity contribution < 1.29 is 27.1 Å². The maximum atomic E-state index is 14.7. The quantitative estimate of drug-likeness (QED) is 0.441. The van der Waals surface area contributed by atoms with E-state index >= 15 is 0 Å². The molecule has 0 bridgehead atoms. The fraction of sp³-hybridized carbons (Fsp3) is 0.350. The van der Waals surface area contributed by atoms with Gasteiger partial charge in [-0.2, -0.15) is 4.68 Å². The fourth-order valence-electron chi connectivity index (χ4n) is 3.33. The molecule has 1 atom stereocenters. The number of amides is 1. The fourth-order valence-corrected chi connectivity index (χ4v) is 3.33. The molecule has 174 valence electrons. The molecular weight excluding hydrogens is 446 g/mol. The lowest BCUT2D eigenvalue weighted by atomic mass is 10.1. The van der Waals surface area contributed by atoms with E-state index in [-0.39, 0.29) is 36.5 Å². The zero-order valence-electron chi connectivity index (χ0n) is 17.6. The van der Waals surface area contributed by atoms with E-state index in [9.17, 15) is 22.4 Å². The van der Waals surface area contributed by atoms with E-state index in [0.29, 0.717) is 16.7 Å². The summed E-state index contributed by atoms with van der Waals surface area (Å²) < 4.78 is 57.6. The van der Waals surface area contributed by atoms with Gasteiger partial charge in [0.05, 0.1) is 16.6 Å². The minimum atomic E-state index is -4.73. The minimum absolute atomic E-state index is 0.0260. The first kappa shape index (κ1) is 22.6. The molecule has 1 saturated heterocycles. The first-order valence-corrected chi connectivity index (χ1v) is 9.79. The van der Waals surface area contributed by atoms with Crippen molar-refractivity contribution in [2.75, 3.05) is 23.3 Å². The summed E-state index contributed by atoms with van der Waals surface area (Å²) in [4.78, 5) is 25.6. The van der Waals surface area contributed by atoms with E-state index in [1.54, 1.807) is 4.90 Å². The Bertz CT molecular complexity index is 1220. The van der Waals surface area contributed by atoms with E-state index in [2.05, 4.69) is 36.7 Å². The van der Waals surface area contributed by atoms with Gasteiger partial charge in [-0.15, -0.1) is 18.3 Å². The van der Waals surface area contributed by atoms with E-state index in [0.717, 1.165) is 6.08 Å². The first-order chi connectivity index (χ1) is 15.5. The van der Waals surface area contributed by atoms with Gasteiger partial charge in [0.2, 0.25) is 5.91 Å². The maximum Gasteiger partial charge on any atom is 0.522 e. The average molecular weight is 465 g/mol. The molecule has 0 aliphatic carbocycles. The summed E-state index contributed by atoms with van der Waals surface area (Å²) >= 11 is 0. The number of carbonyl (C=O) groups excluding carboxylic acids is 1. The molecule has 0 spiro atoms. The van der Waals surface area contributed by atoms with Gasteiger partial charge in [-0.25, -0.2) is 19.3 Å². The second-order valence-electron chi connectivity index (χ2n) is 7.62. The molecule has 4 heterocycles. The standard InChI is InChI=1S/C20H19F4N7O2/c1-4-19(3,21)15-5-6-25-18(28-15)31-14-7-16(27-11(2)32)26-8-13(14)17(29-31)30-9-12(10-30)33-20(22,23)24/h4-8,12H,1,9-10H2,2-3H3,(H,26,27,32). The number of nitrogens with one attached hydrogen (secondary N) is 1. The van der Waals surface area contributed by atoms with Gasteiger partial charge in [0.1, 0.15) is 11.9 Å². The van der Waals surface area contributed by atoms with Gasteiger partial charge in [-0.05, 0) is 19.1 Å². The van der Waals surface area contributed by atoms with Gasteiger partial charge in [0, 0.05) is 38.5 Å². The van der Waals surface area contributed by atoms with Gasteiger partial charge in [0.25, 0.3) is 5.95 Å². The smallest absolute Gasteiger partial charge is 0.349 e. The van der Waals surface area contributed by atoms with Gasteiger partial charge >= 0.3 is 6.36 Å². The molecule has 1 aliphatic rings. The number of halogens is 4. The summed E-state index contributed by atoms with van der Waals surface area (Å²) in [5.74, 6) is 0.232. The molecular formula is C20H19F4N7O2. The van der Waals surface area contributed by atoms with Crippen molar-refractivity contribution in [3.05, 3.63) is 42.9 Å². The molecule has 3 aromatic rings. The number of ether oxygens (including phenoxy) is 1. The second kappa shape index (κ2) is 8.06. The SMILES string of the molecule is C=CC(C)(F)c1ccnc(-n2nc(N3CC(OC(F)(F)F)C3)c3cnc(NC(C)=O)cc32)n1. The molecule has 0 radical (unpaired) electrons. The van der Waals surface area contributed by atoms with Crippen LogP contribution in [-0.4, -0.2) is 56.2 Å². The average Bonchev–Trinajstić information content (AvgIpc) is 3.07. The van der Waals surface area contributed by atoms with E-state index in [1.165, 1.54) is 43.1 Å². The van der Waals surface area contributed by atoms with E-state index < -0.39 is 18.1 Å². The number of allylic oxidation sites excluding steroid dienone is 1. The van der Waals surface area contributed by atoms with Crippen LogP contribution >= 0.6 is 0 Å². The van der Waals surface area contributed by atoms with Gasteiger partial charge in [-0.3, -0.25) is 9.53 Å². The van der Waals surface area contributed by atoms with Gasteiger partial charge in [-0.1, -0.05) is 6.58 Å². The zero-order valence-corrected chi connectivity index (χ0v) is 17.6. The molecule has 9 nitrogen and oxygen atoms in total. The predicted octanol–water partition coefficient (Wildman–Crippen LogP) is 3.26. The number of hydrogen-bond acceptors (Lipinski definition) is 7. The number of aromatic nitrogens is 5. The number of carbonyl (C=O) groups is 1. The Morgan fingerprint density at radius 3 is 2.67 bits per heavy atom. The van der Waals surface area contributed by atoms with Crippen molar-refractivity contribution >= 4 is 28.4 Å².